The third-order valence-corrected chi connectivity index (χ3v) is 3.57. The number of amides is 1. The molecule has 16 heavy (non-hydrogen) atoms. The van der Waals surface area contributed by atoms with Crippen molar-refractivity contribution in [1.29, 1.82) is 0 Å². The molecule has 1 atom stereocenters. The molecule has 1 aliphatic carbocycles. The van der Waals surface area contributed by atoms with Crippen LogP contribution in [0.3, 0.4) is 0 Å². The summed E-state index contributed by atoms with van der Waals surface area (Å²) in [5.41, 5.74) is 0. The van der Waals surface area contributed by atoms with Crippen molar-refractivity contribution < 1.29 is 4.79 Å². The van der Waals surface area contributed by atoms with Gasteiger partial charge in [0.1, 0.15) is 0 Å². The van der Waals surface area contributed by atoms with E-state index in [2.05, 4.69) is 17.6 Å². The van der Waals surface area contributed by atoms with Gasteiger partial charge in [0.25, 0.3) is 0 Å². The standard InChI is InChI=1S/C13H26N2O/c1-3-14-13(16)10-15-11(2)12-8-6-4-5-7-9-12/h11-12,15H,3-10H2,1-2H3,(H,14,16)/t11-/m0/s1. The Morgan fingerprint density at radius 3 is 2.44 bits per heavy atom. The van der Waals surface area contributed by atoms with Crippen molar-refractivity contribution >= 4 is 5.91 Å². The van der Waals surface area contributed by atoms with E-state index in [9.17, 15) is 4.79 Å². The summed E-state index contributed by atoms with van der Waals surface area (Å²) in [5.74, 6) is 0.875. The van der Waals surface area contributed by atoms with Gasteiger partial charge in [0.2, 0.25) is 5.91 Å². The van der Waals surface area contributed by atoms with Gasteiger partial charge >= 0.3 is 0 Å². The van der Waals surface area contributed by atoms with Crippen molar-refractivity contribution in [2.45, 2.75) is 58.4 Å². The number of hydrogen-bond acceptors (Lipinski definition) is 2. The smallest absolute Gasteiger partial charge is 0.233 e. The van der Waals surface area contributed by atoms with E-state index in [4.69, 9.17) is 0 Å². The van der Waals surface area contributed by atoms with Gasteiger partial charge in [-0.2, -0.15) is 0 Å². The Balaban J connectivity index is 2.22. The van der Waals surface area contributed by atoms with Crippen molar-refractivity contribution in [3.8, 4) is 0 Å². The van der Waals surface area contributed by atoms with E-state index in [1.807, 2.05) is 6.92 Å². The fraction of sp³-hybridized carbons (Fsp3) is 0.923. The second kappa shape index (κ2) is 7.66. The molecule has 3 nitrogen and oxygen atoms in total. The lowest BCUT2D eigenvalue weighted by Gasteiger charge is -2.23. The molecule has 1 fully saturated rings. The summed E-state index contributed by atoms with van der Waals surface area (Å²) in [6, 6.07) is 0.473. The number of rotatable bonds is 5. The first-order chi connectivity index (χ1) is 7.74. The van der Waals surface area contributed by atoms with Crippen LogP contribution in [0.5, 0.6) is 0 Å². The normalized spacial score (nSPS) is 20.1. The van der Waals surface area contributed by atoms with Crippen molar-refractivity contribution in [3.05, 3.63) is 0 Å². The first-order valence-electron chi connectivity index (χ1n) is 6.74. The molecule has 0 aliphatic heterocycles. The van der Waals surface area contributed by atoms with Gasteiger partial charge in [0.15, 0.2) is 0 Å². The fourth-order valence-electron chi connectivity index (χ4n) is 2.49. The molecule has 0 spiro atoms. The first kappa shape index (κ1) is 13.5. The quantitative estimate of drug-likeness (QED) is 0.705. The van der Waals surface area contributed by atoms with Crippen molar-refractivity contribution in [3.63, 3.8) is 0 Å². The van der Waals surface area contributed by atoms with E-state index < -0.39 is 0 Å². The highest BCUT2D eigenvalue weighted by Gasteiger charge is 2.18. The molecule has 1 aliphatic rings. The van der Waals surface area contributed by atoms with Gasteiger partial charge in [0, 0.05) is 12.6 Å². The molecular formula is C13H26N2O. The highest BCUT2D eigenvalue weighted by molar-refractivity contribution is 5.77. The second-order valence-electron chi connectivity index (χ2n) is 4.87. The van der Waals surface area contributed by atoms with Crippen LogP contribution >= 0.6 is 0 Å². The third kappa shape index (κ3) is 4.97. The van der Waals surface area contributed by atoms with Crippen LogP contribution in [0, 0.1) is 5.92 Å². The largest absolute Gasteiger partial charge is 0.355 e. The van der Waals surface area contributed by atoms with Gasteiger partial charge in [0.05, 0.1) is 6.54 Å². The van der Waals surface area contributed by atoms with Gasteiger partial charge < -0.3 is 10.6 Å². The molecule has 1 saturated carbocycles. The molecule has 0 aromatic carbocycles. The highest BCUT2D eigenvalue weighted by Crippen LogP contribution is 2.25. The average molecular weight is 226 g/mol. The summed E-state index contributed by atoms with van der Waals surface area (Å²) in [6.45, 7) is 5.35. The van der Waals surface area contributed by atoms with Gasteiger partial charge in [-0.25, -0.2) is 0 Å². The number of likely N-dealkylation sites (N-methyl/N-ethyl adjacent to an activating group) is 1. The summed E-state index contributed by atoms with van der Waals surface area (Å²) in [5, 5.41) is 6.17. The lowest BCUT2D eigenvalue weighted by atomic mass is 9.93. The molecule has 0 bridgehead atoms. The number of nitrogens with one attached hydrogen (secondary N) is 2. The zero-order valence-electron chi connectivity index (χ0n) is 10.7. The summed E-state index contributed by atoms with van der Waals surface area (Å²) in [6.07, 6.45) is 8.14. The molecule has 0 saturated heterocycles. The van der Waals surface area contributed by atoms with Crippen LogP contribution in [0.25, 0.3) is 0 Å². The van der Waals surface area contributed by atoms with E-state index in [-0.39, 0.29) is 5.91 Å². The minimum Gasteiger partial charge on any atom is -0.355 e. The molecular weight excluding hydrogens is 200 g/mol. The predicted molar refractivity (Wildman–Crippen MR) is 67.3 cm³/mol. The van der Waals surface area contributed by atoms with E-state index in [0.717, 1.165) is 12.5 Å². The molecule has 0 aromatic rings. The van der Waals surface area contributed by atoms with Crippen LogP contribution in [0.4, 0.5) is 0 Å². The lowest BCUT2D eigenvalue weighted by molar-refractivity contribution is -0.120. The first-order valence-corrected chi connectivity index (χ1v) is 6.74. The zero-order valence-corrected chi connectivity index (χ0v) is 10.7. The maximum atomic E-state index is 11.3. The van der Waals surface area contributed by atoms with Crippen LogP contribution in [0.15, 0.2) is 0 Å². The average Bonchev–Trinajstić information content (AvgIpc) is 2.55. The summed E-state index contributed by atoms with van der Waals surface area (Å²) < 4.78 is 0. The number of carbonyl (C=O) groups is 1. The van der Waals surface area contributed by atoms with Crippen molar-refractivity contribution in [2.24, 2.45) is 5.92 Å². The molecule has 0 heterocycles. The molecule has 0 radical (unpaired) electrons. The van der Waals surface area contributed by atoms with Crippen LogP contribution in [0.1, 0.15) is 52.4 Å². The van der Waals surface area contributed by atoms with Gasteiger partial charge in [-0.3, -0.25) is 4.79 Å². The molecule has 94 valence electrons. The maximum Gasteiger partial charge on any atom is 0.233 e. The predicted octanol–water partition coefficient (Wildman–Crippen LogP) is 2.07. The molecule has 3 heteroatoms. The SMILES string of the molecule is CCNC(=O)CN[C@@H](C)C1CCCCCC1. The van der Waals surface area contributed by atoms with E-state index in [0.29, 0.717) is 12.6 Å². The van der Waals surface area contributed by atoms with Crippen LogP contribution in [-0.4, -0.2) is 25.0 Å². The topological polar surface area (TPSA) is 41.1 Å². The Kier molecular flexibility index (Phi) is 6.46. The second-order valence-corrected chi connectivity index (χ2v) is 4.87. The Morgan fingerprint density at radius 1 is 1.25 bits per heavy atom. The third-order valence-electron chi connectivity index (χ3n) is 3.57. The Labute approximate surface area is 99.4 Å². The molecule has 1 rings (SSSR count). The monoisotopic (exact) mass is 226 g/mol. The van der Waals surface area contributed by atoms with E-state index in [1.54, 1.807) is 0 Å². The van der Waals surface area contributed by atoms with Crippen molar-refractivity contribution in [1.82, 2.24) is 10.6 Å². The van der Waals surface area contributed by atoms with E-state index >= 15 is 0 Å². The molecule has 0 unspecified atom stereocenters. The maximum absolute atomic E-state index is 11.3. The fourth-order valence-corrected chi connectivity index (χ4v) is 2.49. The molecule has 1 amide bonds. The number of hydrogen-bond donors (Lipinski definition) is 2. The lowest BCUT2D eigenvalue weighted by Crippen LogP contribution is -2.41. The summed E-state index contributed by atoms with van der Waals surface area (Å²) in [7, 11) is 0. The summed E-state index contributed by atoms with van der Waals surface area (Å²) >= 11 is 0. The van der Waals surface area contributed by atoms with Gasteiger partial charge in [-0.1, -0.05) is 25.7 Å². The Morgan fingerprint density at radius 2 is 1.88 bits per heavy atom. The zero-order chi connectivity index (χ0) is 11.8. The molecule has 2 N–H and O–H groups in total. The van der Waals surface area contributed by atoms with Crippen LogP contribution < -0.4 is 10.6 Å². The molecule has 0 aromatic heterocycles. The van der Waals surface area contributed by atoms with E-state index in [1.165, 1.54) is 38.5 Å². The minimum atomic E-state index is 0.114. The van der Waals surface area contributed by atoms with Crippen LogP contribution in [0.2, 0.25) is 0 Å². The van der Waals surface area contributed by atoms with Crippen LogP contribution in [-0.2, 0) is 4.79 Å². The Bertz CT molecular complexity index is 198. The van der Waals surface area contributed by atoms with Crippen molar-refractivity contribution in [2.75, 3.05) is 13.1 Å². The minimum absolute atomic E-state index is 0.114. The number of carbonyl (C=O) groups excluding carboxylic acids is 1. The highest BCUT2D eigenvalue weighted by atomic mass is 16.1. The van der Waals surface area contributed by atoms with Gasteiger partial charge in [-0.15, -0.1) is 0 Å². The summed E-state index contributed by atoms with van der Waals surface area (Å²) in [4.78, 5) is 11.3. The van der Waals surface area contributed by atoms with Gasteiger partial charge in [-0.05, 0) is 32.6 Å². The Hall–Kier alpha value is -0.570.